The van der Waals surface area contributed by atoms with Crippen molar-refractivity contribution in [2.45, 2.75) is 6.42 Å². The second kappa shape index (κ2) is 4.42. The number of Topliss-reactive ketones (excluding diaryl/α,β-unsaturated/α-hetero) is 1. The third-order valence-corrected chi connectivity index (χ3v) is 2.82. The molecule has 1 aromatic heterocycles. The topological polar surface area (TPSA) is 90.7 Å². The van der Waals surface area contributed by atoms with Crippen molar-refractivity contribution in [3.63, 3.8) is 0 Å². The monoisotopic (exact) mass is 251 g/mol. The average molecular weight is 251 g/mol. The fourth-order valence-corrected chi connectivity index (χ4v) is 2.02. The molecular formula is C11H9NO4S. The molecule has 0 spiro atoms. The molecule has 0 unspecified atom stereocenters. The van der Waals surface area contributed by atoms with E-state index in [4.69, 9.17) is 5.11 Å². The standard InChI is InChI=1S/C11H9NO4S/c13-7-2-9(15)11(10(16)3-7)8(14)1-6-4-17-5-12-6/h2-5,13,15-16H,1H2. The number of aromatic hydroxyl groups is 3. The van der Waals surface area contributed by atoms with Gasteiger partial charge >= 0.3 is 0 Å². The Morgan fingerprint density at radius 2 is 1.88 bits per heavy atom. The van der Waals surface area contributed by atoms with Crippen LogP contribution < -0.4 is 0 Å². The maximum Gasteiger partial charge on any atom is 0.176 e. The number of carbonyl (C=O) groups excluding carboxylic acids is 1. The van der Waals surface area contributed by atoms with Gasteiger partial charge in [0.2, 0.25) is 0 Å². The number of hydrogen-bond donors (Lipinski definition) is 3. The zero-order chi connectivity index (χ0) is 12.4. The fraction of sp³-hybridized carbons (Fsp3) is 0.0909. The average Bonchev–Trinajstić information content (AvgIpc) is 2.68. The fourth-order valence-electron chi connectivity index (χ4n) is 1.46. The van der Waals surface area contributed by atoms with Crippen molar-refractivity contribution in [2.24, 2.45) is 0 Å². The van der Waals surface area contributed by atoms with Crippen LogP contribution in [-0.4, -0.2) is 26.1 Å². The maximum atomic E-state index is 11.8. The van der Waals surface area contributed by atoms with Crippen molar-refractivity contribution in [1.82, 2.24) is 4.98 Å². The number of carbonyl (C=O) groups is 1. The third kappa shape index (κ3) is 2.36. The Bertz CT molecular complexity index is 528. The number of aromatic nitrogens is 1. The highest BCUT2D eigenvalue weighted by Crippen LogP contribution is 2.32. The minimum atomic E-state index is -0.453. The van der Waals surface area contributed by atoms with Gasteiger partial charge in [0.15, 0.2) is 5.78 Å². The van der Waals surface area contributed by atoms with Gasteiger partial charge in [-0.25, -0.2) is 4.98 Å². The quantitative estimate of drug-likeness (QED) is 0.722. The minimum Gasteiger partial charge on any atom is -0.508 e. The van der Waals surface area contributed by atoms with E-state index in [1.807, 2.05) is 0 Å². The van der Waals surface area contributed by atoms with Crippen LogP contribution in [0.15, 0.2) is 23.0 Å². The molecule has 5 nitrogen and oxygen atoms in total. The summed E-state index contributed by atoms with van der Waals surface area (Å²) in [6.45, 7) is 0. The molecule has 0 fully saturated rings. The zero-order valence-corrected chi connectivity index (χ0v) is 9.44. The molecule has 0 saturated heterocycles. The van der Waals surface area contributed by atoms with E-state index >= 15 is 0 Å². The number of rotatable bonds is 3. The van der Waals surface area contributed by atoms with Gasteiger partial charge in [-0.2, -0.15) is 0 Å². The second-order valence-electron chi connectivity index (χ2n) is 3.44. The van der Waals surface area contributed by atoms with E-state index in [0.29, 0.717) is 5.69 Å². The van der Waals surface area contributed by atoms with Crippen LogP contribution in [-0.2, 0) is 6.42 Å². The van der Waals surface area contributed by atoms with Gasteiger partial charge in [0.1, 0.15) is 22.8 Å². The number of hydrogen-bond acceptors (Lipinski definition) is 6. The summed E-state index contributed by atoms with van der Waals surface area (Å²) < 4.78 is 0. The van der Waals surface area contributed by atoms with Crippen LogP contribution in [0.1, 0.15) is 16.1 Å². The minimum absolute atomic E-state index is 0.00457. The van der Waals surface area contributed by atoms with E-state index in [1.165, 1.54) is 11.3 Å². The van der Waals surface area contributed by atoms with Crippen molar-refractivity contribution in [3.05, 3.63) is 34.3 Å². The number of ketones is 1. The van der Waals surface area contributed by atoms with Crippen LogP contribution in [0.2, 0.25) is 0 Å². The van der Waals surface area contributed by atoms with Crippen LogP contribution >= 0.6 is 11.3 Å². The summed E-state index contributed by atoms with van der Waals surface area (Å²) in [6, 6.07) is 2.02. The molecule has 1 aromatic carbocycles. The Morgan fingerprint density at radius 1 is 1.24 bits per heavy atom. The van der Waals surface area contributed by atoms with Crippen molar-refractivity contribution < 1.29 is 20.1 Å². The van der Waals surface area contributed by atoms with Crippen molar-refractivity contribution in [1.29, 1.82) is 0 Å². The molecule has 0 aliphatic carbocycles. The highest BCUT2D eigenvalue weighted by atomic mass is 32.1. The molecule has 0 atom stereocenters. The van der Waals surface area contributed by atoms with E-state index in [1.54, 1.807) is 10.9 Å². The van der Waals surface area contributed by atoms with Crippen LogP contribution in [0.5, 0.6) is 17.2 Å². The molecule has 0 amide bonds. The zero-order valence-electron chi connectivity index (χ0n) is 8.62. The van der Waals surface area contributed by atoms with E-state index < -0.39 is 17.3 Å². The summed E-state index contributed by atoms with van der Waals surface area (Å²) in [6.07, 6.45) is -0.00457. The lowest BCUT2D eigenvalue weighted by Gasteiger charge is -2.06. The van der Waals surface area contributed by atoms with Crippen LogP contribution in [0, 0.1) is 0 Å². The van der Waals surface area contributed by atoms with Gasteiger partial charge in [0.05, 0.1) is 17.6 Å². The molecule has 2 aromatic rings. The maximum absolute atomic E-state index is 11.8. The van der Waals surface area contributed by atoms with Gasteiger partial charge in [-0.3, -0.25) is 4.79 Å². The van der Waals surface area contributed by atoms with E-state index in [0.717, 1.165) is 12.1 Å². The van der Waals surface area contributed by atoms with E-state index in [9.17, 15) is 15.0 Å². The molecule has 1 heterocycles. The van der Waals surface area contributed by atoms with Crippen LogP contribution in [0.25, 0.3) is 0 Å². The van der Waals surface area contributed by atoms with Crippen molar-refractivity contribution in [3.8, 4) is 17.2 Å². The van der Waals surface area contributed by atoms with Crippen molar-refractivity contribution in [2.75, 3.05) is 0 Å². The summed E-state index contributed by atoms with van der Waals surface area (Å²) in [5.74, 6) is -1.64. The molecule has 0 bridgehead atoms. The Balaban J connectivity index is 2.31. The number of benzene rings is 1. The lowest BCUT2D eigenvalue weighted by atomic mass is 10.0. The highest BCUT2D eigenvalue weighted by molar-refractivity contribution is 7.07. The summed E-state index contributed by atoms with van der Waals surface area (Å²) in [7, 11) is 0. The third-order valence-electron chi connectivity index (χ3n) is 2.19. The highest BCUT2D eigenvalue weighted by Gasteiger charge is 2.18. The molecule has 6 heteroatoms. The first-order chi connectivity index (χ1) is 8.08. The number of phenolic OH excluding ortho intramolecular Hbond substituents is 3. The molecule has 0 aliphatic heterocycles. The predicted octanol–water partition coefficient (Wildman–Crippen LogP) is 1.69. The van der Waals surface area contributed by atoms with Crippen LogP contribution in [0.3, 0.4) is 0 Å². The number of phenols is 3. The van der Waals surface area contributed by atoms with Gasteiger partial charge < -0.3 is 15.3 Å². The summed E-state index contributed by atoms with van der Waals surface area (Å²) in [5.41, 5.74) is 1.97. The van der Waals surface area contributed by atoms with E-state index in [2.05, 4.69) is 4.98 Å². The van der Waals surface area contributed by atoms with Gasteiger partial charge in [0.25, 0.3) is 0 Å². The lowest BCUT2D eigenvalue weighted by Crippen LogP contribution is -2.04. The van der Waals surface area contributed by atoms with Gasteiger partial charge in [-0.05, 0) is 0 Å². The first-order valence-corrected chi connectivity index (χ1v) is 5.67. The smallest absolute Gasteiger partial charge is 0.176 e. The largest absolute Gasteiger partial charge is 0.508 e. The van der Waals surface area contributed by atoms with Gasteiger partial charge in [0, 0.05) is 17.5 Å². The first-order valence-electron chi connectivity index (χ1n) is 4.73. The summed E-state index contributed by atoms with van der Waals surface area (Å²) in [5, 5.41) is 29.9. The number of nitrogens with zero attached hydrogens (tertiary/aromatic N) is 1. The molecule has 2 rings (SSSR count). The lowest BCUT2D eigenvalue weighted by molar-refractivity contribution is 0.0987. The first kappa shape index (κ1) is 11.4. The molecule has 0 radical (unpaired) electrons. The summed E-state index contributed by atoms with van der Waals surface area (Å²) >= 11 is 1.36. The number of thiazole rings is 1. The van der Waals surface area contributed by atoms with Gasteiger partial charge in [-0.1, -0.05) is 0 Å². The Morgan fingerprint density at radius 3 is 2.41 bits per heavy atom. The molecule has 0 aliphatic rings. The van der Waals surface area contributed by atoms with Crippen molar-refractivity contribution >= 4 is 17.1 Å². The molecule has 17 heavy (non-hydrogen) atoms. The normalized spacial score (nSPS) is 10.4. The molecule has 3 N–H and O–H groups in total. The predicted molar refractivity (Wildman–Crippen MR) is 61.6 cm³/mol. The Kier molecular flexibility index (Phi) is 2.97. The summed E-state index contributed by atoms with van der Waals surface area (Å²) in [4.78, 5) is 15.8. The van der Waals surface area contributed by atoms with Gasteiger partial charge in [-0.15, -0.1) is 11.3 Å². The second-order valence-corrected chi connectivity index (χ2v) is 4.16. The Labute approximate surface area is 101 Å². The van der Waals surface area contributed by atoms with E-state index in [-0.39, 0.29) is 17.7 Å². The van der Waals surface area contributed by atoms with Crippen LogP contribution in [0.4, 0.5) is 0 Å². The molecule has 88 valence electrons. The molecule has 0 saturated carbocycles. The Hall–Kier alpha value is -2.08. The molecular weight excluding hydrogens is 242 g/mol. The SMILES string of the molecule is O=C(Cc1cscn1)c1c(O)cc(O)cc1O.